The summed E-state index contributed by atoms with van der Waals surface area (Å²) in [5.74, 6) is -0.0663. The largest absolute Gasteiger partial charge is 0.466 e. The highest BCUT2D eigenvalue weighted by Crippen LogP contribution is 2.16. The van der Waals surface area contributed by atoms with E-state index >= 15 is 0 Å². The maximum absolute atomic E-state index is 12.4. The van der Waals surface area contributed by atoms with E-state index in [2.05, 4.69) is 55.6 Å². The van der Waals surface area contributed by atoms with Crippen molar-refractivity contribution in [3.8, 4) is 0 Å². The van der Waals surface area contributed by atoms with Crippen LogP contribution in [0.4, 0.5) is 0 Å². The molecule has 0 aliphatic rings. The number of hydrogen-bond acceptors (Lipinski definition) is 5. The van der Waals surface area contributed by atoms with Gasteiger partial charge >= 0.3 is 5.97 Å². The van der Waals surface area contributed by atoms with E-state index in [-0.39, 0.29) is 18.5 Å². The Morgan fingerprint density at radius 1 is 0.452 bits per heavy atom. The number of allylic oxidation sites excluding steroid dienone is 6. The van der Waals surface area contributed by atoms with E-state index in [4.69, 9.17) is 4.74 Å². The number of aliphatic hydroxyl groups is 2. The molecular formula is C56H105NO5. The van der Waals surface area contributed by atoms with Gasteiger partial charge in [-0.15, -0.1) is 0 Å². The zero-order valence-electron chi connectivity index (χ0n) is 41.4. The number of rotatable bonds is 50. The lowest BCUT2D eigenvalue weighted by atomic mass is 10.0. The third-order valence-corrected chi connectivity index (χ3v) is 12.4. The van der Waals surface area contributed by atoms with Gasteiger partial charge in [-0.25, -0.2) is 0 Å². The van der Waals surface area contributed by atoms with Crippen LogP contribution in [0.25, 0.3) is 0 Å². The first-order valence-electron chi connectivity index (χ1n) is 27.2. The van der Waals surface area contributed by atoms with E-state index in [1.165, 1.54) is 173 Å². The highest BCUT2D eigenvalue weighted by atomic mass is 16.5. The highest BCUT2D eigenvalue weighted by molar-refractivity contribution is 5.76. The maximum atomic E-state index is 12.4. The number of unbranched alkanes of at least 4 members (excludes halogenated alkanes) is 33. The lowest BCUT2D eigenvalue weighted by Gasteiger charge is -2.22. The molecule has 6 nitrogen and oxygen atoms in total. The lowest BCUT2D eigenvalue weighted by molar-refractivity contribution is -0.143. The second kappa shape index (κ2) is 51.7. The summed E-state index contributed by atoms with van der Waals surface area (Å²) in [6.45, 7) is 4.88. The minimum atomic E-state index is -0.673. The molecule has 3 N–H and O–H groups in total. The van der Waals surface area contributed by atoms with Crippen molar-refractivity contribution >= 4 is 11.9 Å². The Bertz CT molecular complexity index is 1010. The lowest BCUT2D eigenvalue weighted by Crippen LogP contribution is -2.45. The van der Waals surface area contributed by atoms with Gasteiger partial charge in [0.25, 0.3) is 0 Å². The summed E-state index contributed by atoms with van der Waals surface area (Å²) in [4.78, 5) is 24.5. The summed E-state index contributed by atoms with van der Waals surface area (Å²) >= 11 is 0. The first-order chi connectivity index (χ1) is 30.5. The van der Waals surface area contributed by atoms with Crippen molar-refractivity contribution < 1.29 is 24.5 Å². The van der Waals surface area contributed by atoms with Crippen LogP contribution < -0.4 is 5.32 Å². The molecule has 0 aliphatic heterocycles. The molecule has 0 saturated carbocycles. The van der Waals surface area contributed by atoms with Crippen molar-refractivity contribution in [3.05, 3.63) is 36.5 Å². The normalized spacial score (nSPS) is 12.9. The summed E-state index contributed by atoms with van der Waals surface area (Å²) in [6.07, 6.45) is 62.6. The molecule has 0 bridgehead atoms. The van der Waals surface area contributed by atoms with Crippen LogP contribution in [0.1, 0.15) is 284 Å². The van der Waals surface area contributed by atoms with Crippen molar-refractivity contribution in [3.63, 3.8) is 0 Å². The fourth-order valence-corrected chi connectivity index (χ4v) is 8.19. The summed E-state index contributed by atoms with van der Waals surface area (Å²) in [5, 5.41) is 23.1. The van der Waals surface area contributed by atoms with Gasteiger partial charge in [-0.1, -0.05) is 224 Å². The van der Waals surface area contributed by atoms with Crippen LogP contribution in [0.2, 0.25) is 0 Å². The van der Waals surface area contributed by atoms with Gasteiger partial charge in [-0.3, -0.25) is 9.59 Å². The molecule has 0 saturated heterocycles. The van der Waals surface area contributed by atoms with Crippen molar-refractivity contribution in [2.45, 2.75) is 296 Å². The molecule has 0 radical (unpaired) electrons. The molecule has 2 unspecified atom stereocenters. The van der Waals surface area contributed by atoms with Gasteiger partial charge in [0.15, 0.2) is 0 Å². The molecular weight excluding hydrogens is 767 g/mol. The first kappa shape index (κ1) is 60.1. The summed E-state index contributed by atoms with van der Waals surface area (Å²) < 4.78 is 5.47. The van der Waals surface area contributed by atoms with Crippen molar-refractivity contribution in [2.24, 2.45) is 0 Å². The van der Waals surface area contributed by atoms with E-state index in [0.29, 0.717) is 25.9 Å². The Balaban J connectivity index is 3.45. The standard InChI is InChI=1S/C56H105NO5/c1-3-5-7-9-11-13-15-16-17-18-19-20-23-26-30-34-38-42-46-50-56(61)62-51-47-43-39-35-31-27-24-21-22-25-29-33-37-41-45-49-55(60)57-53(52-58)54(59)48-44-40-36-32-28-14-12-10-8-6-4-2/h11,13,16-17,24,27,53-54,58-59H,3-10,12,14-15,18-23,25-26,28-52H2,1-2H3,(H,57,60)/b13-11-,17-16-,27-24-. The van der Waals surface area contributed by atoms with Gasteiger partial charge in [0.05, 0.1) is 25.4 Å². The van der Waals surface area contributed by atoms with Gasteiger partial charge < -0.3 is 20.3 Å². The highest BCUT2D eigenvalue weighted by Gasteiger charge is 2.20. The Morgan fingerprint density at radius 2 is 0.806 bits per heavy atom. The number of esters is 1. The molecule has 0 aromatic rings. The van der Waals surface area contributed by atoms with Crippen molar-refractivity contribution in [1.82, 2.24) is 5.32 Å². The predicted octanol–water partition coefficient (Wildman–Crippen LogP) is 16.5. The molecule has 6 heteroatoms. The molecule has 364 valence electrons. The number of carbonyl (C=O) groups excluding carboxylic acids is 2. The monoisotopic (exact) mass is 872 g/mol. The minimum absolute atomic E-state index is 0.0143. The molecule has 0 heterocycles. The maximum Gasteiger partial charge on any atom is 0.305 e. The molecule has 0 aliphatic carbocycles. The van der Waals surface area contributed by atoms with Crippen molar-refractivity contribution in [1.29, 1.82) is 0 Å². The number of amides is 1. The van der Waals surface area contributed by atoms with Crippen LogP contribution in [-0.4, -0.2) is 47.4 Å². The molecule has 0 aromatic heterocycles. The van der Waals surface area contributed by atoms with Crippen LogP contribution in [0.3, 0.4) is 0 Å². The topological polar surface area (TPSA) is 95.9 Å². The molecule has 0 aromatic carbocycles. The first-order valence-corrected chi connectivity index (χ1v) is 27.2. The summed E-state index contributed by atoms with van der Waals surface area (Å²) in [5.41, 5.74) is 0. The molecule has 0 fully saturated rings. The van der Waals surface area contributed by atoms with E-state index in [1.807, 2.05) is 0 Å². The Labute approximate surface area is 385 Å². The van der Waals surface area contributed by atoms with Crippen LogP contribution >= 0.6 is 0 Å². The number of ether oxygens (including phenoxy) is 1. The van der Waals surface area contributed by atoms with Gasteiger partial charge in [0, 0.05) is 12.8 Å². The molecule has 2 atom stereocenters. The second-order valence-electron chi connectivity index (χ2n) is 18.6. The van der Waals surface area contributed by atoms with Gasteiger partial charge in [0.2, 0.25) is 5.91 Å². The molecule has 62 heavy (non-hydrogen) atoms. The Hall–Kier alpha value is -1.92. The van der Waals surface area contributed by atoms with E-state index in [0.717, 1.165) is 77.0 Å². The van der Waals surface area contributed by atoms with Crippen molar-refractivity contribution in [2.75, 3.05) is 13.2 Å². The van der Waals surface area contributed by atoms with Gasteiger partial charge in [0.1, 0.15) is 0 Å². The molecule has 1 amide bonds. The summed E-state index contributed by atoms with van der Waals surface area (Å²) in [7, 11) is 0. The number of carbonyl (C=O) groups is 2. The van der Waals surface area contributed by atoms with Gasteiger partial charge in [-0.2, -0.15) is 0 Å². The van der Waals surface area contributed by atoms with E-state index in [1.54, 1.807) is 0 Å². The number of hydrogen-bond donors (Lipinski definition) is 3. The summed E-state index contributed by atoms with van der Waals surface area (Å²) in [6, 6.07) is -0.552. The van der Waals surface area contributed by atoms with Crippen LogP contribution in [0, 0.1) is 0 Å². The third-order valence-electron chi connectivity index (χ3n) is 12.4. The Morgan fingerprint density at radius 3 is 1.27 bits per heavy atom. The SMILES string of the molecule is CCCCC/C=C\C/C=C\CCCCCCCCCCCC(=O)OCCCCCC/C=C\CCCCCCCCCC(=O)NC(CO)C(O)CCCCCCCCCCCCC. The van der Waals surface area contributed by atoms with E-state index < -0.39 is 12.1 Å². The zero-order chi connectivity index (χ0) is 45.1. The van der Waals surface area contributed by atoms with Crippen LogP contribution in [0.15, 0.2) is 36.5 Å². The second-order valence-corrected chi connectivity index (χ2v) is 18.6. The average molecular weight is 872 g/mol. The molecule has 0 spiro atoms. The molecule has 0 rings (SSSR count). The zero-order valence-corrected chi connectivity index (χ0v) is 41.4. The van der Waals surface area contributed by atoms with Crippen LogP contribution in [0.5, 0.6) is 0 Å². The van der Waals surface area contributed by atoms with E-state index in [9.17, 15) is 19.8 Å². The predicted molar refractivity (Wildman–Crippen MR) is 269 cm³/mol. The Kier molecular flexibility index (Phi) is 50.1. The van der Waals surface area contributed by atoms with Gasteiger partial charge in [-0.05, 0) is 83.5 Å². The number of nitrogens with one attached hydrogen (secondary N) is 1. The fraction of sp³-hybridized carbons (Fsp3) is 0.857. The van der Waals surface area contributed by atoms with Crippen LogP contribution in [-0.2, 0) is 14.3 Å². The fourth-order valence-electron chi connectivity index (χ4n) is 8.19. The average Bonchev–Trinajstić information content (AvgIpc) is 3.27. The quantitative estimate of drug-likeness (QED) is 0.0321. The smallest absolute Gasteiger partial charge is 0.305 e. The third kappa shape index (κ3) is 47.6. The number of aliphatic hydroxyl groups excluding tert-OH is 2. The minimum Gasteiger partial charge on any atom is -0.466 e.